The maximum absolute atomic E-state index is 12.0. The summed E-state index contributed by atoms with van der Waals surface area (Å²) in [7, 11) is 1.37. The Morgan fingerprint density at radius 1 is 1.27 bits per heavy atom. The van der Waals surface area contributed by atoms with Crippen molar-refractivity contribution in [2.75, 3.05) is 12.4 Å². The smallest absolute Gasteiger partial charge is 0.309 e. The van der Waals surface area contributed by atoms with Crippen molar-refractivity contribution in [1.29, 1.82) is 0 Å². The predicted octanol–water partition coefficient (Wildman–Crippen LogP) is 2.13. The van der Waals surface area contributed by atoms with E-state index in [-0.39, 0.29) is 23.0 Å². The highest BCUT2D eigenvalue weighted by atomic mass is 16.6. The van der Waals surface area contributed by atoms with E-state index < -0.39 is 22.9 Å². The van der Waals surface area contributed by atoms with Gasteiger partial charge in [0.2, 0.25) is 0 Å². The first-order valence-corrected chi connectivity index (χ1v) is 6.60. The largest absolute Gasteiger partial charge is 0.495 e. The van der Waals surface area contributed by atoms with Crippen molar-refractivity contribution in [2.24, 2.45) is 5.92 Å². The fourth-order valence-corrected chi connectivity index (χ4v) is 1.51. The molecule has 120 valence electrons. The topological polar surface area (TPSA) is 108 Å². The van der Waals surface area contributed by atoms with Crippen LogP contribution in [-0.2, 0) is 14.3 Å². The highest BCUT2D eigenvalue weighted by molar-refractivity contribution is 5.96. The molecule has 0 bridgehead atoms. The molecule has 0 aliphatic carbocycles. The van der Waals surface area contributed by atoms with Gasteiger partial charge in [-0.3, -0.25) is 19.7 Å². The minimum atomic E-state index is -1.03. The number of hydrogen-bond donors (Lipinski definition) is 1. The molecule has 1 aromatic carbocycles. The van der Waals surface area contributed by atoms with E-state index in [1.807, 2.05) is 0 Å². The van der Waals surface area contributed by atoms with E-state index in [9.17, 15) is 19.7 Å². The van der Waals surface area contributed by atoms with Gasteiger partial charge >= 0.3 is 5.97 Å². The van der Waals surface area contributed by atoms with E-state index in [1.54, 1.807) is 13.8 Å². The number of esters is 1. The maximum atomic E-state index is 12.0. The molecule has 0 unspecified atom stereocenters. The number of carbonyl (C=O) groups excluding carboxylic acids is 2. The second kappa shape index (κ2) is 7.39. The first kappa shape index (κ1) is 17.4. The normalized spacial score (nSPS) is 11.7. The Hall–Kier alpha value is -2.64. The third kappa shape index (κ3) is 4.44. The number of amides is 1. The molecule has 0 heterocycles. The van der Waals surface area contributed by atoms with E-state index in [0.717, 1.165) is 0 Å². The van der Waals surface area contributed by atoms with Gasteiger partial charge in [0.1, 0.15) is 5.75 Å². The number of nitrogens with zero attached hydrogens (tertiary/aromatic N) is 1. The minimum absolute atomic E-state index is 0.133. The van der Waals surface area contributed by atoms with Gasteiger partial charge in [0.05, 0.1) is 23.6 Å². The zero-order valence-corrected chi connectivity index (χ0v) is 12.8. The van der Waals surface area contributed by atoms with Crippen molar-refractivity contribution in [3.63, 3.8) is 0 Å². The molecule has 1 amide bonds. The molecular formula is C14H18N2O6. The van der Waals surface area contributed by atoms with Crippen molar-refractivity contribution >= 4 is 23.3 Å². The average Bonchev–Trinajstić information content (AvgIpc) is 2.46. The van der Waals surface area contributed by atoms with Gasteiger partial charge < -0.3 is 14.8 Å². The SMILES string of the molecule is COc1ccc([N+](=O)[O-])cc1NC(=O)[C@@H](C)OC(=O)C(C)C. The van der Waals surface area contributed by atoms with Gasteiger partial charge in [-0.1, -0.05) is 13.8 Å². The van der Waals surface area contributed by atoms with Crippen LogP contribution in [0, 0.1) is 16.0 Å². The molecule has 1 aromatic rings. The monoisotopic (exact) mass is 310 g/mol. The van der Waals surface area contributed by atoms with Crippen LogP contribution in [0.5, 0.6) is 5.75 Å². The van der Waals surface area contributed by atoms with Crippen LogP contribution in [-0.4, -0.2) is 30.0 Å². The van der Waals surface area contributed by atoms with Crippen molar-refractivity contribution < 1.29 is 24.0 Å². The van der Waals surface area contributed by atoms with E-state index in [0.29, 0.717) is 0 Å². The zero-order chi connectivity index (χ0) is 16.9. The van der Waals surface area contributed by atoms with Gasteiger partial charge in [-0.05, 0) is 13.0 Å². The Balaban J connectivity index is 2.88. The molecule has 1 rings (SSSR count). The molecule has 22 heavy (non-hydrogen) atoms. The highest BCUT2D eigenvalue weighted by Gasteiger charge is 2.21. The van der Waals surface area contributed by atoms with Crippen LogP contribution in [0.4, 0.5) is 11.4 Å². The molecule has 8 nitrogen and oxygen atoms in total. The fourth-order valence-electron chi connectivity index (χ4n) is 1.51. The Morgan fingerprint density at radius 2 is 1.91 bits per heavy atom. The Labute approximate surface area is 127 Å². The maximum Gasteiger partial charge on any atom is 0.309 e. The Bertz CT molecular complexity index is 585. The molecule has 0 aliphatic rings. The first-order chi connectivity index (χ1) is 10.3. The lowest BCUT2D eigenvalue weighted by Gasteiger charge is -2.16. The van der Waals surface area contributed by atoms with Crippen molar-refractivity contribution in [3.05, 3.63) is 28.3 Å². The second-order valence-electron chi connectivity index (χ2n) is 4.86. The summed E-state index contributed by atoms with van der Waals surface area (Å²) in [5, 5.41) is 13.2. The highest BCUT2D eigenvalue weighted by Crippen LogP contribution is 2.29. The third-order valence-electron chi connectivity index (χ3n) is 2.79. The lowest BCUT2D eigenvalue weighted by molar-refractivity contribution is -0.384. The van der Waals surface area contributed by atoms with Crippen LogP contribution in [0.3, 0.4) is 0 Å². The van der Waals surface area contributed by atoms with E-state index >= 15 is 0 Å². The number of nitrogens with one attached hydrogen (secondary N) is 1. The molecule has 8 heteroatoms. The Kier molecular flexibility index (Phi) is 5.85. The summed E-state index contributed by atoms with van der Waals surface area (Å²) in [4.78, 5) is 33.7. The fraction of sp³-hybridized carbons (Fsp3) is 0.429. The molecule has 0 spiro atoms. The number of methoxy groups -OCH3 is 1. The summed E-state index contributed by atoms with van der Waals surface area (Å²) in [6.07, 6.45) is -1.03. The first-order valence-electron chi connectivity index (χ1n) is 6.60. The molecule has 1 N–H and O–H groups in total. The van der Waals surface area contributed by atoms with E-state index in [2.05, 4.69) is 5.32 Å². The summed E-state index contributed by atoms with van der Waals surface area (Å²) in [6.45, 7) is 4.71. The molecule has 0 saturated carbocycles. The molecular weight excluding hydrogens is 292 g/mol. The minimum Gasteiger partial charge on any atom is -0.495 e. The second-order valence-corrected chi connectivity index (χ2v) is 4.86. The van der Waals surface area contributed by atoms with E-state index in [1.165, 1.54) is 32.2 Å². The lowest BCUT2D eigenvalue weighted by atomic mass is 10.2. The van der Waals surface area contributed by atoms with Gasteiger partial charge in [0.15, 0.2) is 6.10 Å². The number of anilines is 1. The summed E-state index contributed by atoms with van der Waals surface area (Å²) in [6, 6.07) is 3.81. The number of rotatable bonds is 6. The Morgan fingerprint density at radius 3 is 2.41 bits per heavy atom. The summed E-state index contributed by atoms with van der Waals surface area (Å²) < 4.78 is 10.0. The van der Waals surface area contributed by atoms with Gasteiger partial charge in [-0.15, -0.1) is 0 Å². The number of carbonyl (C=O) groups is 2. The van der Waals surface area contributed by atoms with Crippen molar-refractivity contribution in [1.82, 2.24) is 0 Å². The number of benzene rings is 1. The summed E-state index contributed by atoms with van der Waals surface area (Å²) in [5.41, 5.74) is -0.0583. The number of non-ortho nitro benzene ring substituents is 1. The number of ether oxygens (including phenoxy) is 2. The average molecular weight is 310 g/mol. The van der Waals surface area contributed by atoms with E-state index in [4.69, 9.17) is 9.47 Å². The van der Waals surface area contributed by atoms with Crippen LogP contribution in [0.15, 0.2) is 18.2 Å². The van der Waals surface area contributed by atoms with Crippen LogP contribution in [0.2, 0.25) is 0 Å². The van der Waals surface area contributed by atoms with Crippen molar-refractivity contribution in [2.45, 2.75) is 26.9 Å². The van der Waals surface area contributed by atoms with Gasteiger partial charge in [-0.2, -0.15) is 0 Å². The summed E-state index contributed by atoms with van der Waals surface area (Å²) >= 11 is 0. The molecule has 0 radical (unpaired) electrons. The number of nitro benzene ring substituents is 1. The molecule has 0 aromatic heterocycles. The molecule has 1 atom stereocenters. The van der Waals surface area contributed by atoms with Crippen LogP contribution in [0.1, 0.15) is 20.8 Å². The quantitative estimate of drug-likeness (QED) is 0.490. The molecule has 0 fully saturated rings. The molecule has 0 aliphatic heterocycles. The lowest BCUT2D eigenvalue weighted by Crippen LogP contribution is -2.31. The van der Waals surface area contributed by atoms with Gasteiger partial charge in [0, 0.05) is 12.1 Å². The van der Waals surface area contributed by atoms with Crippen LogP contribution < -0.4 is 10.1 Å². The number of hydrogen-bond acceptors (Lipinski definition) is 6. The van der Waals surface area contributed by atoms with Crippen LogP contribution >= 0.6 is 0 Å². The zero-order valence-electron chi connectivity index (χ0n) is 12.8. The number of nitro groups is 1. The third-order valence-corrected chi connectivity index (χ3v) is 2.79. The van der Waals surface area contributed by atoms with Crippen LogP contribution in [0.25, 0.3) is 0 Å². The predicted molar refractivity (Wildman–Crippen MR) is 78.7 cm³/mol. The van der Waals surface area contributed by atoms with Gasteiger partial charge in [-0.25, -0.2) is 0 Å². The van der Waals surface area contributed by atoms with Gasteiger partial charge in [0.25, 0.3) is 11.6 Å². The van der Waals surface area contributed by atoms with Crippen molar-refractivity contribution in [3.8, 4) is 5.75 Å². The summed E-state index contributed by atoms with van der Waals surface area (Å²) in [5.74, 6) is -1.20. The standard InChI is InChI=1S/C14H18N2O6/c1-8(2)14(18)22-9(3)13(17)15-11-7-10(16(19)20)5-6-12(11)21-4/h5-9H,1-4H3,(H,15,17)/t9-/m1/s1. The molecule has 0 saturated heterocycles.